The van der Waals surface area contributed by atoms with Crippen molar-refractivity contribution >= 4 is 0 Å². The highest BCUT2D eigenvalue weighted by Gasteiger charge is 2.29. The van der Waals surface area contributed by atoms with Crippen LogP contribution in [0.15, 0.2) is 0 Å². The number of nitrogens with zero attached hydrogens (tertiary/aromatic N) is 2. The zero-order valence-electron chi connectivity index (χ0n) is 7.23. The lowest BCUT2D eigenvalue weighted by Gasteiger charge is -2.24. The number of nitriles is 1. The van der Waals surface area contributed by atoms with Crippen molar-refractivity contribution in [3.63, 3.8) is 0 Å². The normalized spacial score (nSPS) is 29.2. The molecule has 1 heterocycles. The van der Waals surface area contributed by atoms with E-state index in [-0.39, 0.29) is 6.04 Å². The topological polar surface area (TPSA) is 56.5 Å². The van der Waals surface area contributed by atoms with Gasteiger partial charge in [-0.2, -0.15) is 5.26 Å². The summed E-state index contributed by atoms with van der Waals surface area (Å²) in [6.45, 7) is 1.69. The van der Waals surface area contributed by atoms with Gasteiger partial charge in [0.2, 0.25) is 0 Å². The minimum absolute atomic E-state index is 0.0679. The number of aliphatic hydroxyl groups is 1. The molecule has 0 aromatic heterocycles. The fraction of sp³-hybridized carbons (Fsp3) is 0.875. The molecule has 1 N–H and O–H groups in total. The minimum atomic E-state index is -0.395. The molecular weight excluding hydrogens is 156 g/mol. The van der Waals surface area contributed by atoms with Gasteiger partial charge in [-0.15, -0.1) is 0 Å². The van der Waals surface area contributed by atoms with E-state index in [0.29, 0.717) is 26.2 Å². The smallest absolute Gasteiger partial charge is 0.0950 e. The molecule has 0 radical (unpaired) electrons. The Bertz CT molecular complexity index is 178. The van der Waals surface area contributed by atoms with E-state index in [1.165, 1.54) is 0 Å². The summed E-state index contributed by atoms with van der Waals surface area (Å²) in [7, 11) is 1.90. The summed E-state index contributed by atoms with van der Waals surface area (Å²) in [4.78, 5) is 1.97. The monoisotopic (exact) mass is 170 g/mol. The molecular formula is C8H14N2O2. The second-order valence-electron chi connectivity index (χ2n) is 3.06. The standard InChI is InChI=1S/C8H14N2O2/c1-10(4-2-3-9)7-5-12-6-8(7)11/h7-8,11H,2,4-6H2,1H3/t7?,8-/m1/s1. The highest BCUT2D eigenvalue weighted by atomic mass is 16.5. The van der Waals surface area contributed by atoms with Crippen molar-refractivity contribution in [2.45, 2.75) is 18.6 Å². The first-order valence-corrected chi connectivity index (χ1v) is 4.08. The molecule has 0 aromatic rings. The molecule has 1 saturated heterocycles. The fourth-order valence-corrected chi connectivity index (χ4v) is 1.34. The van der Waals surface area contributed by atoms with Gasteiger partial charge < -0.3 is 9.84 Å². The van der Waals surface area contributed by atoms with Gasteiger partial charge in [-0.25, -0.2) is 0 Å². The third-order valence-corrected chi connectivity index (χ3v) is 2.16. The Kier molecular flexibility index (Phi) is 3.48. The van der Waals surface area contributed by atoms with E-state index in [2.05, 4.69) is 6.07 Å². The van der Waals surface area contributed by atoms with Crippen molar-refractivity contribution in [1.82, 2.24) is 4.90 Å². The van der Waals surface area contributed by atoms with Gasteiger partial charge in [0.1, 0.15) is 0 Å². The molecule has 4 heteroatoms. The number of rotatable bonds is 3. The van der Waals surface area contributed by atoms with Gasteiger partial charge in [0.05, 0.1) is 31.4 Å². The van der Waals surface area contributed by atoms with Crippen LogP contribution in [0.4, 0.5) is 0 Å². The van der Waals surface area contributed by atoms with Gasteiger partial charge >= 0.3 is 0 Å². The van der Waals surface area contributed by atoms with Gasteiger partial charge in [-0.3, -0.25) is 4.90 Å². The molecule has 0 amide bonds. The minimum Gasteiger partial charge on any atom is -0.389 e. The summed E-state index contributed by atoms with van der Waals surface area (Å²) >= 11 is 0. The van der Waals surface area contributed by atoms with Crippen LogP contribution in [0.3, 0.4) is 0 Å². The van der Waals surface area contributed by atoms with Gasteiger partial charge in [0.15, 0.2) is 0 Å². The predicted molar refractivity (Wildman–Crippen MR) is 43.5 cm³/mol. The van der Waals surface area contributed by atoms with Crippen LogP contribution in [0, 0.1) is 11.3 Å². The molecule has 0 bridgehead atoms. The second-order valence-corrected chi connectivity index (χ2v) is 3.06. The summed E-state index contributed by atoms with van der Waals surface area (Å²) in [5.74, 6) is 0. The Morgan fingerprint density at radius 1 is 1.67 bits per heavy atom. The van der Waals surface area contributed by atoms with Crippen LogP contribution in [-0.2, 0) is 4.74 Å². The Morgan fingerprint density at radius 3 is 2.92 bits per heavy atom. The summed E-state index contributed by atoms with van der Waals surface area (Å²) in [5.41, 5.74) is 0. The fourth-order valence-electron chi connectivity index (χ4n) is 1.34. The molecule has 0 aromatic carbocycles. The van der Waals surface area contributed by atoms with Crippen molar-refractivity contribution in [3.8, 4) is 6.07 Å². The summed E-state index contributed by atoms with van der Waals surface area (Å²) in [6.07, 6.45) is 0.105. The van der Waals surface area contributed by atoms with Gasteiger partial charge in [-0.1, -0.05) is 0 Å². The molecule has 1 fully saturated rings. The van der Waals surface area contributed by atoms with Crippen LogP contribution in [0.5, 0.6) is 0 Å². The second kappa shape index (κ2) is 4.41. The van der Waals surface area contributed by atoms with Crippen molar-refractivity contribution in [1.29, 1.82) is 5.26 Å². The Balaban J connectivity index is 2.31. The van der Waals surface area contributed by atoms with Crippen LogP contribution in [0.1, 0.15) is 6.42 Å². The van der Waals surface area contributed by atoms with Crippen molar-refractivity contribution < 1.29 is 9.84 Å². The molecule has 1 aliphatic heterocycles. The maximum Gasteiger partial charge on any atom is 0.0950 e. The van der Waals surface area contributed by atoms with Crippen LogP contribution < -0.4 is 0 Å². The first kappa shape index (κ1) is 9.46. The van der Waals surface area contributed by atoms with Crippen LogP contribution >= 0.6 is 0 Å². The summed E-state index contributed by atoms with van der Waals surface area (Å²) in [6, 6.07) is 2.14. The molecule has 1 aliphatic rings. The molecule has 68 valence electrons. The van der Waals surface area contributed by atoms with E-state index in [1.54, 1.807) is 0 Å². The maximum atomic E-state index is 9.41. The summed E-state index contributed by atoms with van der Waals surface area (Å²) < 4.78 is 5.10. The van der Waals surface area contributed by atoms with Gasteiger partial charge in [0.25, 0.3) is 0 Å². The van der Waals surface area contributed by atoms with Crippen LogP contribution in [-0.4, -0.2) is 49.0 Å². The lowest BCUT2D eigenvalue weighted by Crippen LogP contribution is -2.40. The highest BCUT2D eigenvalue weighted by Crippen LogP contribution is 2.11. The summed E-state index contributed by atoms with van der Waals surface area (Å²) in [5, 5.41) is 17.8. The molecule has 4 nitrogen and oxygen atoms in total. The molecule has 1 rings (SSSR count). The average molecular weight is 170 g/mol. The van der Waals surface area contributed by atoms with Crippen LogP contribution in [0.25, 0.3) is 0 Å². The molecule has 0 saturated carbocycles. The van der Waals surface area contributed by atoms with Gasteiger partial charge in [0, 0.05) is 13.0 Å². The van der Waals surface area contributed by atoms with Crippen molar-refractivity contribution in [2.75, 3.05) is 26.8 Å². The van der Waals surface area contributed by atoms with E-state index >= 15 is 0 Å². The Hall–Kier alpha value is -0.630. The predicted octanol–water partition coefficient (Wildman–Crippen LogP) is -0.408. The maximum absolute atomic E-state index is 9.41. The third kappa shape index (κ3) is 2.18. The van der Waals surface area contributed by atoms with Gasteiger partial charge in [-0.05, 0) is 7.05 Å². The molecule has 2 atom stereocenters. The Labute approximate surface area is 72.3 Å². The zero-order chi connectivity index (χ0) is 8.97. The number of hydrogen-bond donors (Lipinski definition) is 1. The average Bonchev–Trinajstić information content (AvgIpc) is 2.47. The molecule has 0 spiro atoms. The van der Waals surface area contributed by atoms with Crippen LogP contribution in [0.2, 0.25) is 0 Å². The van der Waals surface area contributed by atoms with E-state index in [0.717, 1.165) is 0 Å². The van der Waals surface area contributed by atoms with Crippen molar-refractivity contribution in [3.05, 3.63) is 0 Å². The van der Waals surface area contributed by atoms with E-state index < -0.39 is 6.10 Å². The lowest BCUT2D eigenvalue weighted by molar-refractivity contribution is 0.0965. The van der Waals surface area contributed by atoms with Crippen molar-refractivity contribution in [2.24, 2.45) is 0 Å². The molecule has 12 heavy (non-hydrogen) atoms. The SMILES string of the molecule is CN(CCC#N)C1COC[C@H]1O. The Morgan fingerprint density at radius 2 is 2.42 bits per heavy atom. The first-order chi connectivity index (χ1) is 5.75. The zero-order valence-corrected chi connectivity index (χ0v) is 7.23. The quantitative estimate of drug-likeness (QED) is 0.625. The number of aliphatic hydroxyl groups excluding tert-OH is 1. The largest absolute Gasteiger partial charge is 0.389 e. The van der Waals surface area contributed by atoms with E-state index in [4.69, 9.17) is 10.00 Å². The number of hydrogen-bond acceptors (Lipinski definition) is 4. The molecule has 1 unspecified atom stereocenters. The first-order valence-electron chi connectivity index (χ1n) is 4.08. The number of ether oxygens (including phenoxy) is 1. The van der Waals surface area contributed by atoms with E-state index in [9.17, 15) is 5.11 Å². The molecule has 0 aliphatic carbocycles. The highest BCUT2D eigenvalue weighted by molar-refractivity contribution is 4.83. The third-order valence-electron chi connectivity index (χ3n) is 2.16. The van der Waals surface area contributed by atoms with E-state index in [1.807, 2.05) is 11.9 Å². The number of likely N-dealkylation sites (N-methyl/N-ethyl adjacent to an activating group) is 1. The lowest BCUT2D eigenvalue weighted by atomic mass is 10.2.